The number of primary amides is 1. The van der Waals surface area contributed by atoms with Crippen molar-refractivity contribution in [1.29, 1.82) is 0 Å². The molecule has 0 fully saturated rings. The molecule has 0 bridgehead atoms. The van der Waals surface area contributed by atoms with Crippen LogP contribution in [0.15, 0.2) is 24.3 Å². The van der Waals surface area contributed by atoms with Gasteiger partial charge in [-0.05, 0) is 18.6 Å². The number of hydrogen-bond donors (Lipinski definition) is 4. The minimum Gasteiger partial charge on any atom is -0.361 e. The monoisotopic (exact) mass is 280 g/mol. The van der Waals surface area contributed by atoms with Crippen LogP contribution in [0, 0.1) is 6.92 Å². The number of rotatable bonds is 1. The Bertz CT molecular complexity index is 357. The molecule has 0 radical (unpaired) electrons. The maximum atomic E-state index is 10.5. The molecule has 2 amide bonds. The fraction of sp³-hybridized carbons (Fsp3) is 0.111. The molecule has 0 saturated carbocycles. The van der Waals surface area contributed by atoms with Crippen LogP contribution in [0.1, 0.15) is 5.56 Å². The summed E-state index contributed by atoms with van der Waals surface area (Å²) >= 11 is 6.71. The highest BCUT2D eigenvalue weighted by molar-refractivity contribution is 7.97. The third-order valence-electron chi connectivity index (χ3n) is 1.39. The predicted octanol–water partition coefficient (Wildman–Crippen LogP) is 2.87. The van der Waals surface area contributed by atoms with Crippen molar-refractivity contribution >= 4 is 53.8 Å². The van der Waals surface area contributed by atoms with Gasteiger partial charge in [0.15, 0.2) is 0 Å². The Kier molecular flexibility index (Phi) is 10.3. The highest BCUT2D eigenvalue weighted by Crippen LogP contribution is 2.13. The summed E-state index contributed by atoms with van der Waals surface area (Å²) in [7, 11) is 0. The second kappa shape index (κ2) is 9.38. The topological polar surface area (TPSA) is 72.2 Å². The van der Waals surface area contributed by atoms with Crippen LogP contribution in [0.5, 0.6) is 0 Å². The molecule has 0 aliphatic carbocycles. The van der Waals surface area contributed by atoms with Crippen LogP contribution in [0.4, 0.5) is 15.3 Å². The van der Waals surface area contributed by atoms with Gasteiger partial charge in [-0.15, -0.1) is 12.4 Å². The zero-order valence-corrected chi connectivity index (χ0v) is 11.1. The lowest BCUT2D eigenvalue weighted by Gasteiger charge is -2.03. The van der Waals surface area contributed by atoms with Crippen molar-refractivity contribution in [1.82, 2.24) is 0 Å². The summed E-state index contributed by atoms with van der Waals surface area (Å²) in [6.07, 6.45) is 0. The molecule has 1 aromatic carbocycles. The molecular weight excluding hydrogens is 268 g/mol. The molecule has 0 aromatic heterocycles. The molecule has 0 aliphatic rings. The first kappa shape index (κ1) is 17.5. The van der Waals surface area contributed by atoms with Crippen LogP contribution in [-0.4, -0.2) is 10.5 Å². The van der Waals surface area contributed by atoms with Crippen LogP contribution >= 0.6 is 37.7 Å². The van der Waals surface area contributed by atoms with E-state index in [4.69, 9.17) is 4.79 Å². The fourth-order valence-corrected chi connectivity index (χ4v) is 0.949. The van der Waals surface area contributed by atoms with Crippen molar-refractivity contribution in [3.05, 3.63) is 29.8 Å². The lowest BCUT2D eigenvalue weighted by molar-refractivity contribution is 0.267. The number of anilines is 1. The first-order chi connectivity index (χ1) is 6.93. The van der Waals surface area contributed by atoms with E-state index in [-0.39, 0.29) is 17.6 Å². The fourth-order valence-electron chi connectivity index (χ4n) is 0.828. The molecule has 1 aromatic rings. The first-order valence-corrected chi connectivity index (χ1v) is 4.87. The van der Waals surface area contributed by atoms with Gasteiger partial charge in [0.05, 0.1) is 0 Å². The Morgan fingerprint density at radius 3 is 2.06 bits per heavy atom. The minimum atomic E-state index is -0.639. The van der Waals surface area contributed by atoms with Crippen molar-refractivity contribution in [2.45, 2.75) is 6.92 Å². The van der Waals surface area contributed by atoms with Crippen molar-refractivity contribution in [2.75, 3.05) is 5.32 Å². The first-order valence-electron chi connectivity index (χ1n) is 3.97. The van der Waals surface area contributed by atoms with Gasteiger partial charge < -0.3 is 11.1 Å². The highest BCUT2D eigenvalue weighted by atomic mass is 35.5. The predicted molar refractivity (Wildman–Crippen MR) is 75.0 cm³/mol. The van der Waals surface area contributed by atoms with E-state index in [1.54, 1.807) is 0 Å². The molecule has 0 unspecified atom stereocenters. The number of carbonyl (C=O) groups excluding carboxylic acids is 2. The molecule has 1 rings (SSSR count). The zero-order valence-electron chi connectivity index (χ0n) is 8.51. The molecule has 0 saturated heterocycles. The quantitative estimate of drug-likeness (QED) is 0.597. The number of nitrogens with one attached hydrogen (secondary N) is 1. The largest absolute Gasteiger partial charge is 0.361 e. The van der Waals surface area contributed by atoms with Crippen LogP contribution in [-0.2, 0) is 0 Å². The Morgan fingerprint density at radius 1 is 1.25 bits per heavy atom. The van der Waals surface area contributed by atoms with E-state index in [0.717, 1.165) is 11.3 Å². The second-order valence-electron chi connectivity index (χ2n) is 2.58. The van der Waals surface area contributed by atoms with Crippen LogP contribution in [0.25, 0.3) is 0 Å². The third kappa shape index (κ3) is 9.70. The smallest absolute Gasteiger partial charge is 0.280 e. The average molecular weight is 281 g/mol. The van der Waals surface area contributed by atoms with Gasteiger partial charge >= 0.3 is 0 Å². The van der Waals surface area contributed by atoms with Gasteiger partial charge in [0.2, 0.25) is 0 Å². The number of benzene rings is 1. The lowest BCUT2D eigenvalue weighted by atomic mass is 10.2. The SMILES string of the molecule is Cc1ccccc1NC(=O)S.Cl.NC(=O)S. The van der Waals surface area contributed by atoms with Gasteiger partial charge in [0.1, 0.15) is 0 Å². The summed E-state index contributed by atoms with van der Waals surface area (Å²) in [5.74, 6) is 0. The van der Waals surface area contributed by atoms with Crippen molar-refractivity contribution in [3.8, 4) is 0 Å². The Morgan fingerprint density at radius 2 is 1.69 bits per heavy atom. The van der Waals surface area contributed by atoms with Gasteiger partial charge in [-0.1, -0.05) is 43.5 Å². The Hall–Kier alpha value is -0.850. The summed E-state index contributed by atoms with van der Waals surface area (Å²) in [6.45, 7) is 1.93. The Labute approximate surface area is 111 Å². The normalized spacial score (nSPS) is 7.94. The molecule has 0 spiro atoms. The van der Waals surface area contributed by atoms with E-state index in [9.17, 15) is 4.79 Å². The summed E-state index contributed by atoms with van der Waals surface area (Å²) < 4.78 is 0. The molecule has 7 heteroatoms. The summed E-state index contributed by atoms with van der Waals surface area (Å²) in [6, 6.07) is 7.55. The van der Waals surface area contributed by atoms with Crippen LogP contribution in [0.2, 0.25) is 0 Å². The van der Waals surface area contributed by atoms with Gasteiger partial charge in [0.25, 0.3) is 10.5 Å². The number of amides is 2. The van der Waals surface area contributed by atoms with Crippen LogP contribution in [0.3, 0.4) is 0 Å². The molecular formula is C9H13ClN2O2S2. The zero-order chi connectivity index (χ0) is 11.8. The van der Waals surface area contributed by atoms with Gasteiger partial charge in [0, 0.05) is 5.69 Å². The van der Waals surface area contributed by atoms with Crippen molar-refractivity contribution < 1.29 is 9.59 Å². The van der Waals surface area contributed by atoms with E-state index in [0.29, 0.717) is 0 Å². The van der Waals surface area contributed by atoms with Crippen molar-refractivity contribution in [3.63, 3.8) is 0 Å². The molecule has 90 valence electrons. The maximum absolute atomic E-state index is 10.5. The van der Waals surface area contributed by atoms with Gasteiger partial charge in [-0.3, -0.25) is 9.59 Å². The number of hydrogen-bond acceptors (Lipinski definition) is 2. The number of nitrogens with two attached hydrogens (primary N) is 1. The summed E-state index contributed by atoms with van der Waals surface area (Å²) in [5.41, 5.74) is 6.19. The van der Waals surface area contributed by atoms with E-state index in [1.807, 2.05) is 31.2 Å². The number of carbonyl (C=O) groups is 2. The van der Waals surface area contributed by atoms with Crippen LogP contribution < -0.4 is 11.1 Å². The van der Waals surface area contributed by atoms with Gasteiger partial charge in [-0.25, -0.2) is 0 Å². The van der Waals surface area contributed by atoms with E-state index < -0.39 is 5.24 Å². The number of thiol groups is 2. The van der Waals surface area contributed by atoms with E-state index >= 15 is 0 Å². The molecule has 4 nitrogen and oxygen atoms in total. The lowest BCUT2D eigenvalue weighted by Crippen LogP contribution is -2.02. The number of halogens is 1. The summed E-state index contributed by atoms with van der Waals surface area (Å²) in [5, 5.41) is 1.63. The Balaban J connectivity index is 0. The molecule has 0 atom stereocenters. The van der Waals surface area contributed by atoms with Crippen molar-refractivity contribution in [2.24, 2.45) is 5.73 Å². The van der Waals surface area contributed by atoms with E-state index in [2.05, 4.69) is 36.3 Å². The maximum Gasteiger partial charge on any atom is 0.280 e. The average Bonchev–Trinajstić information content (AvgIpc) is 2.07. The molecule has 0 aliphatic heterocycles. The summed E-state index contributed by atoms with van der Waals surface area (Å²) in [4.78, 5) is 19.6. The molecule has 16 heavy (non-hydrogen) atoms. The number of aryl methyl sites for hydroxylation is 1. The highest BCUT2D eigenvalue weighted by Gasteiger charge is 1.97. The second-order valence-corrected chi connectivity index (χ2v) is 3.43. The standard InChI is InChI=1S/C8H9NOS.CH3NOS.ClH/c1-6-4-2-3-5-7(6)9-8(10)11;2-1(3)4;/h2-5H,1H3,(H2,9,10,11);(H3,2,3,4);1H. The molecule has 3 N–H and O–H groups in total. The van der Waals surface area contributed by atoms with E-state index in [1.165, 1.54) is 0 Å². The molecule has 0 heterocycles. The number of para-hydroxylation sites is 1. The minimum absolute atomic E-state index is 0. The van der Waals surface area contributed by atoms with Gasteiger partial charge in [-0.2, -0.15) is 0 Å². The third-order valence-corrected chi connectivity index (χ3v) is 1.50.